The molecule has 0 aliphatic carbocycles. The Morgan fingerprint density at radius 1 is 1.53 bits per heavy atom. The molecule has 1 rings (SSSR count). The van der Waals surface area contributed by atoms with Gasteiger partial charge in [-0.15, -0.1) is 12.3 Å². The van der Waals surface area contributed by atoms with E-state index in [1.54, 1.807) is 4.90 Å². The highest BCUT2D eigenvalue weighted by molar-refractivity contribution is 8.00. The smallest absolute Gasteiger partial charge is 0.327 e. The molecule has 1 saturated heterocycles. The van der Waals surface area contributed by atoms with Gasteiger partial charge < -0.3 is 15.3 Å². The minimum absolute atomic E-state index is 0.00481. The highest BCUT2D eigenvalue weighted by Crippen LogP contribution is 2.30. The zero-order valence-corrected chi connectivity index (χ0v) is 12.1. The summed E-state index contributed by atoms with van der Waals surface area (Å²) in [4.78, 5) is 24.6. The molecule has 1 unspecified atom stereocenters. The molecular formula is C13H20N2O3S. The van der Waals surface area contributed by atoms with Gasteiger partial charge in [0.1, 0.15) is 6.04 Å². The lowest BCUT2D eigenvalue weighted by Gasteiger charge is -2.24. The maximum atomic E-state index is 12.0. The second-order valence-electron chi connectivity index (χ2n) is 5.09. The standard InChI is InChI=1S/C13H20N2O3S/c1-4-5-10(11(16)17)14-12(18)15-7-6-13(2,3)19-9-8-15/h1,10H,5-9H2,2-3H3,(H,14,18)(H,16,17). The average Bonchev–Trinajstić information content (AvgIpc) is 2.49. The molecule has 0 aromatic carbocycles. The summed E-state index contributed by atoms with van der Waals surface area (Å²) in [6, 6.07) is -1.36. The number of carboxylic acid groups (broad SMARTS) is 1. The fraction of sp³-hybridized carbons (Fsp3) is 0.692. The third kappa shape index (κ3) is 5.03. The number of hydrogen-bond donors (Lipinski definition) is 2. The summed E-state index contributed by atoms with van der Waals surface area (Å²) in [5, 5.41) is 11.4. The molecule has 5 nitrogen and oxygen atoms in total. The van der Waals surface area contributed by atoms with Crippen LogP contribution in [0.3, 0.4) is 0 Å². The molecule has 2 amide bonds. The molecule has 0 saturated carbocycles. The number of urea groups is 1. The average molecular weight is 284 g/mol. The number of rotatable bonds is 3. The van der Waals surface area contributed by atoms with Gasteiger partial charge in [0.15, 0.2) is 0 Å². The summed E-state index contributed by atoms with van der Waals surface area (Å²) in [5.41, 5.74) is 0. The van der Waals surface area contributed by atoms with E-state index in [9.17, 15) is 9.59 Å². The fourth-order valence-electron chi connectivity index (χ4n) is 1.78. The lowest BCUT2D eigenvalue weighted by atomic mass is 10.1. The minimum Gasteiger partial charge on any atom is -0.480 e. The summed E-state index contributed by atoms with van der Waals surface area (Å²) in [5.74, 6) is 2.02. The molecule has 6 heteroatoms. The first-order valence-corrected chi connectivity index (χ1v) is 7.20. The molecule has 0 radical (unpaired) electrons. The van der Waals surface area contributed by atoms with Crippen LogP contribution in [-0.2, 0) is 4.79 Å². The maximum Gasteiger partial charge on any atom is 0.327 e. The van der Waals surface area contributed by atoms with Crippen LogP contribution < -0.4 is 5.32 Å². The van der Waals surface area contributed by atoms with E-state index in [1.165, 1.54) is 0 Å². The third-order valence-electron chi connectivity index (χ3n) is 3.04. The van der Waals surface area contributed by atoms with Gasteiger partial charge >= 0.3 is 12.0 Å². The predicted molar refractivity (Wildman–Crippen MR) is 76.1 cm³/mol. The molecule has 1 heterocycles. The highest BCUT2D eigenvalue weighted by atomic mass is 32.2. The van der Waals surface area contributed by atoms with Gasteiger partial charge in [-0.05, 0) is 6.42 Å². The Hall–Kier alpha value is -1.35. The van der Waals surface area contributed by atoms with E-state index in [2.05, 4.69) is 25.1 Å². The Morgan fingerprint density at radius 2 is 2.21 bits per heavy atom. The lowest BCUT2D eigenvalue weighted by molar-refractivity contribution is -0.139. The zero-order chi connectivity index (χ0) is 14.5. The van der Waals surface area contributed by atoms with Gasteiger partial charge in [0.05, 0.1) is 0 Å². The molecule has 0 bridgehead atoms. The summed E-state index contributed by atoms with van der Waals surface area (Å²) in [6.07, 6.45) is 5.98. The van der Waals surface area contributed by atoms with Crippen LogP contribution in [0.4, 0.5) is 4.79 Å². The highest BCUT2D eigenvalue weighted by Gasteiger charge is 2.28. The van der Waals surface area contributed by atoms with Gasteiger partial charge in [-0.1, -0.05) is 13.8 Å². The van der Waals surface area contributed by atoms with Crippen LogP contribution in [-0.4, -0.2) is 51.6 Å². The maximum absolute atomic E-state index is 12.0. The molecule has 2 N–H and O–H groups in total. The molecule has 19 heavy (non-hydrogen) atoms. The number of aliphatic carboxylic acids is 1. The largest absolute Gasteiger partial charge is 0.480 e. The van der Waals surface area contributed by atoms with Crippen molar-refractivity contribution in [2.24, 2.45) is 0 Å². The van der Waals surface area contributed by atoms with Crippen molar-refractivity contribution in [2.75, 3.05) is 18.8 Å². The Morgan fingerprint density at radius 3 is 2.79 bits per heavy atom. The van der Waals surface area contributed by atoms with Crippen molar-refractivity contribution in [3.05, 3.63) is 0 Å². The topological polar surface area (TPSA) is 69.6 Å². The van der Waals surface area contributed by atoms with Crippen LogP contribution in [0.2, 0.25) is 0 Å². The van der Waals surface area contributed by atoms with E-state index in [0.717, 1.165) is 12.2 Å². The van der Waals surface area contributed by atoms with E-state index in [4.69, 9.17) is 11.5 Å². The Labute approximate surface area is 118 Å². The number of amides is 2. The van der Waals surface area contributed by atoms with Crippen LogP contribution in [0, 0.1) is 12.3 Å². The minimum atomic E-state index is -1.10. The van der Waals surface area contributed by atoms with Crippen molar-refractivity contribution < 1.29 is 14.7 Å². The van der Waals surface area contributed by atoms with Crippen molar-refractivity contribution in [1.82, 2.24) is 10.2 Å². The van der Waals surface area contributed by atoms with Crippen molar-refractivity contribution in [3.63, 3.8) is 0 Å². The van der Waals surface area contributed by atoms with Crippen molar-refractivity contribution in [1.29, 1.82) is 0 Å². The van der Waals surface area contributed by atoms with Crippen LogP contribution in [0.1, 0.15) is 26.7 Å². The lowest BCUT2D eigenvalue weighted by Crippen LogP contribution is -2.48. The van der Waals surface area contributed by atoms with Crippen LogP contribution in [0.5, 0.6) is 0 Å². The number of carboxylic acids is 1. The van der Waals surface area contributed by atoms with Gasteiger partial charge in [-0.2, -0.15) is 11.8 Å². The first-order valence-electron chi connectivity index (χ1n) is 6.21. The predicted octanol–water partition coefficient (Wildman–Crippen LogP) is 1.39. The van der Waals surface area contributed by atoms with Gasteiger partial charge in [0.25, 0.3) is 0 Å². The van der Waals surface area contributed by atoms with Gasteiger partial charge in [0.2, 0.25) is 0 Å². The number of carbonyl (C=O) groups excluding carboxylic acids is 1. The molecule has 0 aromatic heterocycles. The van der Waals surface area contributed by atoms with Gasteiger partial charge in [-0.25, -0.2) is 9.59 Å². The summed E-state index contributed by atoms with van der Waals surface area (Å²) < 4.78 is 0.153. The molecular weight excluding hydrogens is 264 g/mol. The number of thioether (sulfide) groups is 1. The number of carbonyl (C=O) groups is 2. The van der Waals surface area contributed by atoms with Gasteiger partial charge in [0, 0.05) is 30.0 Å². The molecule has 1 aliphatic heterocycles. The molecule has 106 valence electrons. The quantitative estimate of drug-likeness (QED) is 0.768. The Balaban J connectivity index is 2.57. The van der Waals surface area contributed by atoms with Crippen LogP contribution in [0.15, 0.2) is 0 Å². The monoisotopic (exact) mass is 284 g/mol. The normalized spacial score (nSPS) is 19.9. The second-order valence-corrected chi connectivity index (χ2v) is 6.90. The van der Waals surface area contributed by atoms with Crippen molar-refractivity contribution in [2.45, 2.75) is 37.5 Å². The van der Waals surface area contributed by atoms with E-state index in [-0.39, 0.29) is 17.2 Å². The number of terminal acetylenes is 1. The summed E-state index contributed by atoms with van der Waals surface area (Å²) >= 11 is 1.83. The van der Waals surface area contributed by atoms with Crippen molar-refractivity contribution in [3.8, 4) is 12.3 Å². The van der Waals surface area contributed by atoms with E-state index >= 15 is 0 Å². The number of nitrogens with one attached hydrogen (secondary N) is 1. The summed E-state index contributed by atoms with van der Waals surface area (Å²) in [7, 11) is 0. The van der Waals surface area contributed by atoms with Gasteiger partial charge in [-0.3, -0.25) is 0 Å². The van der Waals surface area contributed by atoms with E-state index in [0.29, 0.717) is 13.1 Å². The molecule has 1 fully saturated rings. The van der Waals surface area contributed by atoms with E-state index in [1.807, 2.05) is 11.8 Å². The number of hydrogen-bond acceptors (Lipinski definition) is 3. The third-order valence-corrected chi connectivity index (χ3v) is 4.42. The molecule has 0 spiro atoms. The Kier molecular flexibility index (Phi) is 5.55. The van der Waals surface area contributed by atoms with Crippen LogP contribution in [0.25, 0.3) is 0 Å². The SMILES string of the molecule is C#CCC(NC(=O)N1CCSC(C)(C)CC1)C(=O)O. The first kappa shape index (κ1) is 15.7. The van der Waals surface area contributed by atoms with Crippen LogP contribution >= 0.6 is 11.8 Å². The summed E-state index contributed by atoms with van der Waals surface area (Å²) in [6.45, 7) is 5.56. The number of nitrogens with zero attached hydrogens (tertiary/aromatic N) is 1. The Bertz CT molecular complexity index is 390. The molecule has 1 atom stereocenters. The van der Waals surface area contributed by atoms with Crippen molar-refractivity contribution >= 4 is 23.8 Å². The molecule has 1 aliphatic rings. The zero-order valence-electron chi connectivity index (χ0n) is 11.3. The van der Waals surface area contributed by atoms with E-state index < -0.39 is 12.0 Å². The molecule has 0 aromatic rings. The fourth-order valence-corrected chi connectivity index (χ4v) is 2.88. The first-order chi connectivity index (χ1) is 8.85. The second kappa shape index (κ2) is 6.71.